The number of hydrogen-bond donors (Lipinski definition) is 1. The third-order valence-electron chi connectivity index (χ3n) is 4.41. The van der Waals surface area contributed by atoms with E-state index in [0.29, 0.717) is 12.4 Å². The minimum absolute atomic E-state index is 0.220. The van der Waals surface area contributed by atoms with E-state index in [9.17, 15) is 5.11 Å². The molecule has 4 aromatic rings. The maximum absolute atomic E-state index is 10.2. The van der Waals surface area contributed by atoms with Gasteiger partial charge in [0.25, 0.3) is 0 Å². The van der Waals surface area contributed by atoms with Gasteiger partial charge in [0.2, 0.25) is 0 Å². The summed E-state index contributed by atoms with van der Waals surface area (Å²) in [5.74, 6) is 1.95. The van der Waals surface area contributed by atoms with Crippen LogP contribution in [-0.4, -0.2) is 45.3 Å². The van der Waals surface area contributed by atoms with Crippen molar-refractivity contribution in [2.45, 2.75) is 24.8 Å². The lowest BCUT2D eigenvalue weighted by molar-refractivity contribution is 0.0328. The van der Waals surface area contributed by atoms with Crippen molar-refractivity contribution in [2.75, 3.05) is 19.5 Å². The lowest BCUT2D eigenvalue weighted by atomic mass is 10.1. The molecule has 0 aliphatic heterocycles. The van der Waals surface area contributed by atoms with E-state index in [2.05, 4.69) is 17.1 Å². The zero-order valence-corrected chi connectivity index (χ0v) is 16.5. The molecule has 0 saturated heterocycles. The van der Waals surface area contributed by atoms with E-state index in [-0.39, 0.29) is 6.61 Å². The van der Waals surface area contributed by atoms with Gasteiger partial charge in [-0.15, -0.1) is 10.2 Å². The van der Waals surface area contributed by atoms with Crippen molar-refractivity contribution in [3.05, 3.63) is 54.0 Å². The van der Waals surface area contributed by atoms with Crippen LogP contribution in [-0.2, 0) is 11.3 Å². The van der Waals surface area contributed by atoms with Gasteiger partial charge >= 0.3 is 0 Å². The van der Waals surface area contributed by atoms with Crippen molar-refractivity contribution in [2.24, 2.45) is 0 Å². The number of aromatic nitrogens is 3. The number of fused-ring (bicyclic) bond motifs is 3. The van der Waals surface area contributed by atoms with Crippen molar-refractivity contribution in [1.82, 2.24) is 14.6 Å². The Bertz CT molecular complexity index is 1080. The first-order chi connectivity index (χ1) is 13.7. The molecule has 0 bridgehead atoms. The van der Waals surface area contributed by atoms with Gasteiger partial charge in [0.1, 0.15) is 18.1 Å². The van der Waals surface area contributed by atoms with Gasteiger partial charge in [-0.3, -0.25) is 4.40 Å². The number of aryl methyl sites for hydroxylation is 1. The molecule has 1 N–H and O–H groups in total. The van der Waals surface area contributed by atoms with Gasteiger partial charge in [0.05, 0.1) is 31.6 Å². The highest BCUT2D eigenvalue weighted by Gasteiger charge is 2.14. The molecule has 0 fully saturated rings. The Morgan fingerprint density at radius 2 is 2.14 bits per heavy atom. The number of aliphatic hydroxyl groups is 1. The number of furan rings is 1. The molecule has 1 aromatic carbocycles. The molecule has 146 valence electrons. The summed E-state index contributed by atoms with van der Waals surface area (Å²) in [6.45, 7) is 2.61. The number of rotatable bonds is 8. The molecular formula is C20H21N3O4S. The van der Waals surface area contributed by atoms with Gasteiger partial charge in [0.15, 0.2) is 10.8 Å². The topological polar surface area (TPSA) is 82.0 Å². The lowest BCUT2D eigenvalue weighted by Crippen LogP contribution is -2.18. The molecule has 0 saturated carbocycles. The van der Waals surface area contributed by atoms with Gasteiger partial charge in [-0.05, 0) is 42.8 Å². The van der Waals surface area contributed by atoms with Crippen LogP contribution in [0.3, 0.4) is 0 Å². The molecule has 4 rings (SSSR count). The van der Waals surface area contributed by atoms with Crippen LogP contribution in [0.5, 0.6) is 5.75 Å². The molecule has 0 spiro atoms. The summed E-state index contributed by atoms with van der Waals surface area (Å²) in [5.41, 5.74) is 2.87. The second-order valence-electron chi connectivity index (χ2n) is 6.45. The molecule has 3 aromatic heterocycles. The van der Waals surface area contributed by atoms with Crippen molar-refractivity contribution in [3.63, 3.8) is 0 Å². The molecule has 0 amide bonds. The summed E-state index contributed by atoms with van der Waals surface area (Å²) >= 11 is 1.44. The molecule has 1 atom stereocenters. The Labute approximate surface area is 166 Å². The smallest absolute Gasteiger partial charge is 0.196 e. The Hall–Kier alpha value is -2.55. The maximum atomic E-state index is 10.2. The van der Waals surface area contributed by atoms with Gasteiger partial charge in [-0.25, -0.2) is 0 Å². The maximum Gasteiger partial charge on any atom is 0.196 e. The van der Waals surface area contributed by atoms with Crippen LogP contribution in [0.25, 0.3) is 16.6 Å². The molecule has 0 radical (unpaired) electrons. The monoisotopic (exact) mass is 399 g/mol. The van der Waals surface area contributed by atoms with Crippen molar-refractivity contribution >= 4 is 28.3 Å². The van der Waals surface area contributed by atoms with Crippen LogP contribution in [0.2, 0.25) is 0 Å². The number of nitrogens with zero attached hydrogens (tertiary/aromatic N) is 3. The molecule has 3 heterocycles. The average molecular weight is 399 g/mol. The molecule has 1 unspecified atom stereocenters. The lowest BCUT2D eigenvalue weighted by Gasteiger charge is -2.11. The number of pyridine rings is 1. The van der Waals surface area contributed by atoms with Gasteiger partial charge in [0, 0.05) is 17.2 Å². The van der Waals surface area contributed by atoms with Gasteiger partial charge in [-0.2, -0.15) is 0 Å². The standard InChI is InChI=1S/C20H21N3O4S/c1-13-8-19-21-22-20(23(19)18-9-15(25-2)5-6-17(13)18)28-12-14(24)10-26-11-16-4-3-7-27-16/h3-9,14,24H,10-12H2,1-2H3. The van der Waals surface area contributed by atoms with Gasteiger partial charge in [-0.1, -0.05) is 11.8 Å². The van der Waals surface area contributed by atoms with E-state index in [1.807, 2.05) is 40.8 Å². The minimum atomic E-state index is -0.626. The quantitative estimate of drug-likeness (QED) is 0.454. The van der Waals surface area contributed by atoms with Crippen LogP contribution in [0.4, 0.5) is 0 Å². The minimum Gasteiger partial charge on any atom is -0.497 e. The number of thioether (sulfide) groups is 1. The highest BCUT2D eigenvalue weighted by atomic mass is 32.2. The van der Waals surface area contributed by atoms with Gasteiger partial charge < -0.3 is 19.0 Å². The third-order valence-corrected chi connectivity index (χ3v) is 5.49. The molecule has 0 aliphatic rings. The van der Waals surface area contributed by atoms with Crippen LogP contribution in [0.15, 0.2) is 52.2 Å². The Morgan fingerprint density at radius 1 is 1.25 bits per heavy atom. The zero-order chi connectivity index (χ0) is 19.5. The highest BCUT2D eigenvalue weighted by molar-refractivity contribution is 7.99. The fraction of sp³-hybridized carbons (Fsp3) is 0.300. The second kappa shape index (κ2) is 8.22. The Balaban J connectivity index is 1.50. The second-order valence-corrected chi connectivity index (χ2v) is 7.43. The van der Waals surface area contributed by atoms with Crippen LogP contribution in [0.1, 0.15) is 11.3 Å². The first-order valence-electron chi connectivity index (χ1n) is 8.89. The predicted molar refractivity (Wildman–Crippen MR) is 107 cm³/mol. The summed E-state index contributed by atoms with van der Waals surface area (Å²) in [7, 11) is 1.65. The van der Waals surface area contributed by atoms with E-state index in [1.54, 1.807) is 13.4 Å². The van der Waals surface area contributed by atoms with Crippen LogP contribution >= 0.6 is 11.8 Å². The summed E-state index contributed by atoms with van der Waals surface area (Å²) in [4.78, 5) is 0. The normalized spacial score (nSPS) is 12.7. The number of benzene rings is 1. The predicted octanol–water partition coefficient (Wildman–Crippen LogP) is 3.46. The third kappa shape index (κ3) is 3.84. The Kier molecular flexibility index (Phi) is 5.52. The molecule has 8 heteroatoms. The van der Waals surface area contributed by atoms with E-state index >= 15 is 0 Å². The summed E-state index contributed by atoms with van der Waals surface area (Å²) < 4.78 is 18.1. The molecule has 28 heavy (non-hydrogen) atoms. The zero-order valence-electron chi connectivity index (χ0n) is 15.7. The SMILES string of the molecule is COc1ccc2c(C)cc3nnc(SCC(O)COCc4ccco4)n3c2c1. The number of methoxy groups -OCH3 is 1. The van der Waals surface area contributed by atoms with Crippen molar-refractivity contribution in [1.29, 1.82) is 0 Å². The van der Waals surface area contributed by atoms with Crippen molar-refractivity contribution in [3.8, 4) is 5.75 Å². The van der Waals surface area contributed by atoms with Crippen LogP contribution in [0, 0.1) is 6.92 Å². The van der Waals surface area contributed by atoms with E-state index in [0.717, 1.165) is 38.8 Å². The number of hydrogen-bond acceptors (Lipinski definition) is 7. The highest BCUT2D eigenvalue weighted by Crippen LogP contribution is 2.28. The summed E-state index contributed by atoms with van der Waals surface area (Å²) in [6.07, 6.45) is 0.973. The average Bonchev–Trinajstić information content (AvgIpc) is 3.36. The molecule has 0 aliphatic carbocycles. The largest absolute Gasteiger partial charge is 0.497 e. The Morgan fingerprint density at radius 3 is 2.93 bits per heavy atom. The van der Waals surface area contributed by atoms with E-state index in [4.69, 9.17) is 13.9 Å². The van der Waals surface area contributed by atoms with Crippen molar-refractivity contribution < 1.29 is 19.0 Å². The van der Waals surface area contributed by atoms with E-state index in [1.165, 1.54) is 11.8 Å². The van der Waals surface area contributed by atoms with Crippen LogP contribution < -0.4 is 4.74 Å². The summed E-state index contributed by atoms with van der Waals surface area (Å²) in [5, 5.41) is 20.7. The summed E-state index contributed by atoms with van der Waals surface area (Å²) in [6, 6.07) is 11.6. The van der Waals surface area contributed by atoms with E-state index < -0.39 is 6.10 Å². The molecule has 7 nitrogen and oxygen atoms in total. The first kappa shape index (κ1) is 18.8. The number of ether oxygens (including phenoxy) is 2. The number of aliphatic hydroxyl groups excluding tert-OH is 1. The first-order valence-corrected chi connectivity index (χ1v) is 9.87. The molecular weight excluding hydrogens is 378 g/mol. The fourth-order valence-corrected chi connectivity index (χ4v) is 3.89. The fourth-order valence-electron chi connectivity index (χ4n) is 3.03.